The second-order valence-electron chi connectivity index (χ2n) is 8.99. The van der Waals surface area contributed by atoms with E-state index in [1.165, 1.54) is 16.7 Å². The first-order chi connectivity index (χ1) is 17.1. The molecule has 0 radical (unpaired) electrons. The van der Waals surface area contributed by atoms with E-state index in [1.807, 2.05) is 36.4 Å². The summed E-state index contributed by atoms with van der Waals surface area (Å²) in [5, 5.41) is 9.95. The predicted molar refractivity (Wildman–Crippen MR) is 143 cm³/mol. The molecule has 0 saturated carbocycles. The molecule has 0 bridgehead atoms. The molecule has 0 aromatic heterocycles. The fourth-order valence-corrected chi connectivity index (χ4v) is 4.85. The zero-order chi connectivity index (χ0) is 24.6. The van der Waals surface area contributed by atoms with Gasteiger partial charge in [0, 0.05) is 18.6 Å². The first-order valence-electron chi connectivity index (χ1n) is 12.3. The maximum Gasteiger partial charge on any atom is 0.305 e. The van der Waals surface area contributed by atoms with Gasteiger partial charge in [0.2, 0.25) is 0 Å². The third-order valence-electron chi connectivity index (χ3n) is 6.74. The quantitative estimate of drug-likeness (QED) is 0.262. The molecule has 0 aliphatic rings. The van der Waals surface area contributed by atoms with Crippen LogP contribution in [0, 0.1) is 0 Å². The highest BCUT2D eigenvalue weighted by Gasteiger charge is 2.28. The van der Waals surface area contributed by atoms with Crippen LogP contribution in [0.3, 0.4) is 0 Å². The third-order valence-corrected chi connectivity index (χ3v) is 6.74. The molecule has 3 heteroatoms. The molecule has 4 aromatic carbocycles. The second-order valence-corrected chi connectivity index (χ2v) is 8.99. The average Bonchev–Trinajstić information content (AvgIpc) is 2.91. The molecule has 0 saturated heterocycles. The van der Waals surface area contributed by atoms with Crippen LogP contribution in [0.25, 0.3) is 11.1 Å². The van der Waals surface area contributed by atoms with Gasteiger partial charge in [-0.3, -0.25) is 9.69 Å². The standard InChI is InChI=1S/C32H33NO2/c1-3-26-15-10-11-20-30(26)28-18-12-19-29(21-28)31(22-32(34)35)33(23-25-13-6-4-7-14-25)24(2)27-16-8-5-9-17-27/h4-21,24,31H,3,22-23H2,1-2H3,(H,34,35). The van der Waals surface area contributed by atoms with Crippen molar-refractivity contribution in [3.63, 3.8) is 0 Å². The van der Waals surface area contributed by atoms with E-state index >= 15 is 0 Å². The van der Waals surface area contributed by atoms with E-state index in [0.29, 0.717) is 6.54 Å². The molecule has 1 N–H and O–H groups in total. The van der Waals surface area contributed by atoms with Gasteiger partial charge in [0.1, 0.15) is 0 Å². The number of hydrogen-bond acceptors (Lipinski definition) is 2. The van der Waals surface area contributed by atoms with Gasteiger partial charge in [-0.05, 0) is 52.8 Å². The van der Waals surface area contributed by atoms with E-state index in [4.69, 9.17) is 0 Å². The molecule has 178 valence electrons. The Morgan fingerprint density at radius 2 is 1.43 bits per heavy atom. The number of hydrogen-bond donors (Lipinski definition) is 1. The van der Waals surface area contributed by atoms with Gasteiger partial charge in [0.25, 0.3) is 0 Å². The summed E-state index contributed by atoms with van der Waals surface area (Å²) in [5.74, 6) is -0.798. The number of nitrogens with zero attached hydrogens (tertiary/aromatic N) is 1. The lowest BCUT2D eigenvalue weighted by Crippen LogP contribution is -2.32. The normalized spacial score (nSPS) is 12.9. The summed E-state index contributed by atoms with van der Waals surface area (Å²) in [6, 6.07) is 37.3. The fraction of sp³-hybridized carbons (Fsp3) is 0.219. The van der Waals surface area contributed by atoms with Crippen LogP contribution in [0.5, 0.6) is 0 Å². The fourth-order valence-electron chi connectivity index (χ4n) is 4.85. The van der Waals surface area contributed by atoms with Gasteiger partial charge in [-0.15, -0.1) is 0 Å². The van der Waals surface area contributed by atoms with Gasteiger partial charge in [-0.2, -0.15) is 0 Å². The van der Waals surface area contributed by atoms with Crippen LogP contribution in [-0.4, -0.2) is 16.0 Å². The van der Waals surface area contributed by atoms with Gasteiger partial charge in [-0.25, -0.2) is 0 Å². The molecule has 0 heterocycles. The monoisotopic (exact) mass is 463 g/mol. The summed E-state index contributed by atoms with van der Waals surface area (Å²) in [4.78, 5) is 14.5. The lowest BCUT2D eigenvalue weighted by molar-refractivity contribution is -0.138. The van der Waals surface area contributed by atoms with Gasteiger partial charge in [-0.1, -0.05) is 110 Å². The second kappa shape index (κ2) is 11.6. The molecule has 2 atom stereocenters. The predicted octanol–water partition coefficient (Wildman–Crippen LogP) is 7.70. The minimum Gasteiger partial charge on any atom is -0.481 e. The summed E-state index contributed by atoms with van der Waals surface area (Å²) < 4.78 is 0. The molecular formula is C32H33NO2. The van der Waals surface area contributed by atoms with Crippen molar-refractivity contribution < 1.29 is 9.90 Å². The summed E-state index contributed by atoms with van der Waals surface area (Å²) in [6.07, 6.45) is 0.979. The van der Waals surface area contributed by atoms with E-state index in [-0.39, 0.29) is 18.5 Å². The number of carbonyl (C=O) groups is 1. The van der Waals surface area contributed by atoms with Crippen LogP contribution in [0.15, 0.2) is 109 Å². The Morgan fingerprint density at radius 1 is 0.800 bits per heavy atom. The highest BCUT2D eigenvalue weighted by Crippen LogP contribution is 2.36. The molecule has 0 amide bonds. The molecule has 4 aromatic rings. The van der Waals surface area contributed by atoms with Crippen molar-refractivity contribution >= 4 is 5.97 Å². The Kier molecular flexibility index (Phi) is 8.12. The maximum atomic E-state index is 12.1. The molecule has 0 aliphatic heterocycles. The van der Waals surface area contributed by atoms with Crippen LogP contribution in [0.2, 0.25) is 0 Å². The number of carboxylic acids is 1. The average molecular weight is 464 g/mol. The first-order valence-corrected chi connectivity index (χ1v) is 12.3. The van der Waals surface area contributed by atoms with Gasteiger partial charge < -0.3 is 5.11 Å². The number of benzene rings is 4. The van der Waals surface area contributed by atoms with Crippen LogP contribution in [0.1, 0.15) is 54.6 Å². The highest BCUT2D eigenvalue weighted by atomic mass is 16.4. The van der Waals surface area contributed by atoms with Crippen molar-refractivity contribution in [3.8, 4) is 11.1 Å². The number of carboxylic acid groups (broad SMARTS) is 1. The van der Waals surface area contributed by atoms with E-state index in [9.17, 15) is 9.90 Å². The van der Waals surface area contributed by atoms with E-state index in [0.717, 1.165) is 23.1 Å². The Labute approximate surface area is 208 Å². The minimum absolute atomic E-state index is 0.0306. The van der Waals surface area contributed by atoms with Crippen molar-refractivity contribution in [3.05, 3.63) is 131 Å². The van der Waals surface area contributed by atoms with Crippen molar-refractivity contribution in [1.29, 1.82) is 0 Å². The zero-order valence-corrected chi connectivity index (χ0v) is 20.5. The van der Waals surface area contributed by atoms with Crippen LogP contribution in [0.4, 0.5) is 0 Å². The van der Waals surface area contributed by atoms with Crippen molar-refractivity contribution in [2.24, 2.45) is 0 Å². The molecular weight excluding hydrogens is 430 g/mol. The topological polar surface area (TPSA) is 40.5 Å². The molecule has 35 heavy (non-hydrogen) atoms. The number of rotatable bonds is 10. The SMILES string of the molecule is CCc1ccccc1-c1cccc(C(CC(=O)O)N(Cc2ccccc2)C(C)c2ccccc2)c1. The first kappa shape index (κ1) is 24.4. The Hall–Kier alpha value is -3.69. The number of aliphatic carboxylic acids is 1. The maximum absolute atomic E-state index is 12.1. The Bertz CT molecular complexity index is 1240. The number of aryl methyl sites for hydroxylation is 1. The summed E-state index contributed by atoms with van der Waals surface area (Å²) in [5.41, 5.74) is 6.98. The highest BCUT2D eigenvalue weighted by molar-refractivity contribution is 5.70. The smallest absolute Gasteiger partial charge is 0.305 e. The van der Waals surface area contributed by atoms with Crippen LogP contribution in [-0.2, 0) is 17.8 Å². The molecule has 4 rings (SSSR count). The zero-order valence-electron chi connectivity index (χ0n) is 20.5. The third kappa shape index (κ3) is 6.06. The lowest BCUT2D eigenvalue weighted by Gasteiger charge is -2.37. The van der Waals surface area contributed by atoms with E-state index < -0.39 is 5.97 Å². The van der Waals surface area contributed by atoms with Gasteiger partial charge >= 0.3 is 5.97 Å². The van der Waals surface area contributed by atoms with Gasteiger partial charge in [0.05, 0.1) is 6.42 Å². The Morgan fingerprint density at radius 3 is 2.11 bits per heavy atom. The van der Waals surface area contributed by atoms with Crippen molar-refractivity contribution in [1.82, 2.24) is 4.90 Å². The van der Waals surface area contributed by atoms with Crippen molar-refractivity contribution in [2.75, 3.05) is 0 Å². The van der Waals surface area contributed by atoms with Crippen LogP contribution < -0.4 is 0 Å². The summed E-state index contributed by atoms with van der Waals surface area (Å²) in [6.45, 7) is 4.99. The van der Waals surface area contributed by atoms with E-state index in [2.05, 4.69) is 91.5 Å². The molecule has 0 aliphatic carbocycles. The molecule has 3 nitrogen and oxygen atoms in total. The van der Waals surface area contributed by atoms with Crippen LogP contribution >= 0.6 is 0 Å². The Balaban J connectivity index is 1.79. The summed E-state index contributed by atoms with van der Waals surface area (Å²) in [7, 11) is 0. The molecule has 0 spiro atoms. The lowest BCUT2D eigenvalue weighted by atomic mass is 9.92. The summed E-state index contributed by atoms with van der Waals surface area (Å²) >= 11 is 0. The van der Waals surface area contributed by atoms with Crippen molar-refractivity contribution in [2.45, 2.75) is 45.3 Å². The minimum atomic E-state index is -0.798. The molecule has 2 unspecified atom stereocenters. The van der Waals surface area contributed by atoms with Gasteiger partial charge in [0.15, 0.2) is 0 Å². The molecule has 0 fully saturated rings. The largest absolute Gasteiger partial charge is 0.481 e. The van der Waals surface area contributed by atoms with E-state index in [1.54, 1.807) is 0 Å².